The first-order valence-corrected chi connectivity index (χ1v) is 7.94. The van der Waals surface area contributed by atoms with Gasteiger partial charge < -0.3 is 4.98 Å². The van der Waals surface area contributed by atoms with Crippen molar-refractivity contribution in [2.75, 3.05) is 0 Å². The van der Waals surface area contributed by atoms with Crippen LogP contribution in [0.15, 0.2) is 48.8 Å². The van der Waals surface area contributed by atoms with E-state index in [2.05, 4.69) is 46.4 Å². The average Bonchev–Trinajstić information content (AvgIpc) is 2.96. The van der Waals surface area contributed by atoms with Crippen molar-refractivity contribution in [1.82, 2.24) is 9.97 Å². The minimum Gasteiger partial charge on any atom is -0.353 e. The van der Waals surface area contributed by atoms with Gasteiger partial charge in [0.2, 0.25) is 0 Å². The van der Waals surface area contributed by atoms with Gasteiger partial charge in [0, 0.05) is 11.6 Å². The minimum atomic E-state index is 0.685. The number of H-pyrrole nitrogens is 1. The number of fused-ring (bicyclic) bond motifs is 1. The Kier molecular flexibility index (Phi) is 3.23. The van der Waals surface area contributed by atoms with Crippen molar-refractivity contribution in [3.63, 3.8) is 0 Å². The van der Waals surface area contributed by atoms with Crippen LogP contribution in [0.25, 0.3) is 22.2 Å². The summed E-state index contributed by atoms with van der Waals surface area (Å²) < 4.78 is 0. The van der Waals surface area contributed by atoms with Crippen molar-refractivity contribution in [3.8, 4) is 11.3 Å². The van der Waals surface area contributed by atoms with Crippen LogP contribution in [0, 0.1) is 0 Å². The fourth-order valence-corrected chi connectivity index (χ4v) is 3.71. The summed E-state index contributed by atoms with van der Waals surface area (Å²) in [5.41, 5.74) is 5.26. The molecule has 0 bridgehead atoms. The largest absolute Gasteiger partial charge is 0.353 e. The first-order chi connectivity index (χ1) is 10.4. The Labute approximate surface area is 125 Å². The van der Waals surface area contributed by atoms with Gasteiger partial charge in [0.15, 0.2) is 0 Å². The fraction of sp³-hybridized carbons (Fsp3) is 0.316. The van der Waals surface area contributed by atoms with Crippen LogP contribution in [-0.2, 0) is 0 Å². The zero-order chi connectivity index (χ0) is 14.1. The van der Waals surface area contributed by atoms with Gasteiger partial charge in [0.25, 0.3) is 0 Å². The summed E-state index contributed by atoms with van der Waals surface area (Å²) in [6.45, 7) is 0. The van der Waals surface area contributed by atoms with Crippen LogP contribution in [0.5, 0.6) is 0 Å². The zero-order valence-corrected chi connectivity index (χ0v) is 12.2. The highest BCUT2D eigenvalue weighted by Crippen LogP contribution is 2.41. The third-order valence-electron chi connectivity index (χ3n) is 4.72. The normalized spacial score (nSPS) is 16.4. The maximum atomic E-state index is 4.27. The van der Waals surface area contributed by atoms with E-state index in [1.54, 1.807) is 0 Å². The Balaban J connectivity index is 1.92. The second kappa shape index (κ2) is 5.36. The molecule has 2 heteroatoms. The van der Waals surface area contributed by atoms with Crippen LogP contribution in [0.4, 0.5) is 0 Å². The SMILES string of the molecule is c1ccc(-c2[nH]c3cnccc3c2C2CCCCC2)cc1. The predicted molar refractivity (Wildman–Crippen MR) is 87.4 cm³/mol. The van der Waals surface area contributed by atoms with Gasteiger partial charge in [-0.3, -0.25) is 4.98 Å². The zero-order valence-electron chi connectivity index (χ0n) is 12.2. The number of pyridine rings is 1. The summed E-state index contributed by atoms with van der Waals surface area (Å²) in [7, 11) is 0. The average molecular weight is 276 g/mol. The molecule has 1 aromatic carbocycles. The highest BCUT2D eigenvalue weighted by atomic mass is 14.8. The smallest absolute Gasteiger partial charge is 0.0648 e. The Hall–Kier alpha value is -2.09. The highest BCUT2D eigenvalue weighted by Gasteiger charge is 2.23. The lowest BCUT2D eigenvalue weighted by molar-refractivity contribution is 0.446. The fourth-order valence-electron chi connectivity index (χ4n) is 3.71. The number of rotatable bonds is 2. The molecule has 1 aliphatic carbocycles. The maximum absolute atomic E-state index is 4.27. The van der Waals surface area contributed by atoms with Gasteiger partial charge in [-0.1, -0.05) is 49.6 Å². The van der Waals surface area contributed by atoms with E-state index in [9.17, 15) is 0 Å². The van der Waals surface area contributed by atoms with E-state index >= 15 is 0 Å². The molecule has 0 radical (unpaired) electrons. The molecule has 1 N–H and O–H groups in total. The summed E-state index contributed by atoms with van der Waals surface area (Å²) >= 11 is 0. The number of aromatic nitrogens is 2. The van der Waals surface area contributed by atoms with E-state index in [1.807, 2.05) is 12.4 Å². The van der Waals surface area contributed by atoms with Gasteiger partial charge in [-0.25, -0.2) is 0 Å². The molecule has 1 fully saturated rings. The quantitative estimate of drug-likeness (QED) is 0.678. The highest BCUT2D eigenvalue weighted by molar-refractivity contribution is 5.90. The van der Waals surface area contributed by atoms with Gasteiger partial charge in [0.05, 0.1) is 17.4 Å². The molecule has 0 atom stereocenters. The standard InChI is InChI=1S/C19H20N2/c1-3-7-14(8-4-1)18-16-11-12-20-13-17(16)21-19(18)15-9-5-2-6-10-15/h2,5-6,9-14,21H,1,3-4,7-8H2. The Bertz CT molecular complexity index is 737. The molecule has 0 spiro atoms. The molecule has 4 rings (SSSR count). The van der Waals surface area contributed by atoms with Crippen molar-refractivity contribution in [2.45, 2.75) is 38.0 Å². The topological polar surface area (TPSA) is 28.7 Å². The van der Waals surface area contributed by atoms with Crippen molar-refractivity contribution in [1.29, 1.82) is 0 Å². The number of hydrogen-bond donors (Lipinski definition) is 1. The van der Waals surface area contributed by atoms with Gasteiger partial charge >= 0.3 is 0 Å². The van der Waals surface area contributed by atoms with E-state index in [0.29, 0.717) is 5.92 Å². The summed E-state index contributed by atoms with van der Waals surface area (Å²) in [5, 5.41) is 1.36. The number of aromatic amines is 1. The number of nitrogens with zero attached hydrogens (tertiary/aromatic N) is 1. The second-order valence-electron chi connectivity index (χ2n) is 6.04. The van der Waals surface area contributed by atoms with Crippen LogP contribution in [0.2, 0.25) is 0 Å². The predicted octanol–water partition coefficient (Wildman–Crippen LogP) is 5.28. The number of nitrogens with one attached hydrogen (secondary N) is 1. The lowest BCUT2D eigenvalue weighted by Gasteiger charge is -2.23. The third kappa shape index (κ3) is 2.25. The molecule has 2 nitrogen and oxygen atoms in total. The van der Waals surface area contributed by atoms with E-state index in [4.69, 9.17) is 0 Å². The van der Waals surface area contributed by atoms with Crippen LogP contribution >= 0.6 is 0 Å². The van der Waals surface area contributed by atoms with E-state index in [-0.39, 0.29) is 0 Å². The van der Waals surface area contributed by atoms with Crippen LogP contribution in [0.1, 0.15) is 43.6 Å². The lowest BCUT2D eigenvalue weighted by Crippen LogP contribution is -2.05. The van der Waals surface area contributed by atoms with Gasteiger partial charge in [-0.15, -0.1) is 0 Å². The molecule has 2 aromatic heterocycles. The van der Waals surface area contributed by atoms with Crippen molar-refractivity contribution >= 4 is 10.9 Å². The molecule has 1 saturated carbocycles. The Morgan fingerprint density at radius 2 is 1.76 bits per heavy atom. The summed E-state index contributed by atoms with van der Waals surface area (Å²) in [6, 6.07) is 12.9. The van der Waals surface area contributed by atoms with Gasteiger partial charge in [-0.2, -0.15) is 0 Å². The first-order valence-electron chi connectivity index (χ1n) is 7.94. The van der Waals surface area contributed by atoms with Crippen molar-refractivity contribution in [2.24, 2.45) is 0 Å². The van der Waals surface area contributed by atoms with Crippen molar-refractivity contribution < 1.29 is 0 Å². The lowest BCUT2D eigenvalue weighted by atomic mass is 9.82. The van der Waals surface area contributed by atoms with E-state index < -0.39 is 0 Å². The molecular formula is C19H20N2. The van der Waals surface area contributed by atoms with Crippen LogP contribution < -0.4 is 0 Å². The van der Waals surface area contributed by atoms with Crippen LogP contribution in [0.3, 0.4) is 0 Å². The molecule has 0 aliphatic heterocycles. The number of hydrogen-bond acceptors (Lipinski definition) is 1. The molecule has 3 aromatic rings. The maximum Gasteiger partial charge on any atom is 0.0648 e. The van der Waals surface area contributed by atoms with E-state index in [1.165, 1.54) is 54.3 Å². The summed E-state index contributed by atoms with van der Waals surface area (Å²) in [4.78, 5) is 7.89. The second-order valence-corrected chi connectivity index (χ2v) is 6.04. The molecular weight excluding hydrogens is 256 g/mol. The molecule has 2 heterocycles. The molecule has 0 unspecified atom stereocenters. The molecule has 106 valence electrons. The minimum absolute atomic E-state index is 0.685. The third-order valence-corrected chi connectivity index (χ3v) is 4.72. The number of benzene rings is 1. The van der Waals surface area contributed by atoms with Gasteiger partial charge in [-0.05, 0) is 36.0 Å². The van der Waals surface area contributed by atoms with Gasteiger partial charge in [0.1, 0.15) is 0 Å². The Morgan fingerprint density at radius 1 is 0.952 bits per heavy atom. The Morgan fingerprint density at radius 3 is 2.57 bits per heavy atom. The molecule has 0 amide bonds. The summed E-state index contributed by atoms with van der Waals surface area (Å²) in [5.74, 6) is 0.685. The first kappa shape index (κ1) is 12.6. The molecule has 0 saturated heterocycles. The summed E-state index contributed by atoms with van der Waals surface area (Å²) in [6.07, 6.45) is 10.6. The van der Waals surface area contributed by atoms with Crippen LogP contribution in [-0.4, -0.2) is 9.97 Å². The molecule has 1 aliphatic rings. The van der Waals surface area contributed by atoms with E-state index in [0.717, 1.165) is 5.52 Å². The van der Waals surface area contributed by atoms with Crippen molar-refractivity contribution in [3.05, 3.63) is 54.4 Å². The monoisotopic (exact) mass is 276 g/mol. The molecule has 21 heavy (non-hydrogen) atoms.